The summed E-state index contributed by atoms with van der Waals surface area (Å²) in [6.45, 7) is 2.21. The average molecular weight is 479 g/mol. The lowest BCUT2D eigenvalue weighted by atomic mass is 10.2. The van der Waals surface area contributed by atoms with Crippen LogP contribution in [0.1, 0.15) is 22.8 Å². The first-order valence-electron chi connectivity index (χ1n) is 8.19. The number of ether oxygens (including phenoxy) is 1. The van der Waals surface area contributed by atoms with Crippen molar-refractivity contribution in [1.29, 1.82) is 0 Å². The summed E-state index contributed by atoms with van der Waals surface area (Å²) >= 11 is 9.62. The zero-order valence-electron chi connectivity index (χ0n) is 14.6. The average Bonchev–Trinajstić information content (AvgIpc) is 2.92. The first-order valence-corrected chi connectivity index (χ1v) is 10.2. The van der Waals surface area contributed by atoms with E-state index in [-0.39, 0.29) is 10.1 Å². The predicted molar refractivity (Wildman–Crippen MR) is 116 cm³/mol. The number of rotatable bonds is 5. The Morgan fingerprint density at radius 2 is 2.04 bits per heavy atom. The van der Waals surface area contributed by atoms with Crippen molar-refractivity contribution >= 4 is 62.1 Å². The van der Waals surface area contributed by atoms with Crippen LogP contribution in [0.25, 0.3) is 6.08 Å². The van der Waals surface area contributed by atoms with E-state index in [4.69, 9.17) is 17.0 Å². The van der Waals surface area contributed by atoms with Crippen LogP contribution in [-0.4, -0.2) is 32.9 Å². The molecule has 6 nitrogen and oxygen atoms in total. The van der Waals surface area contributed by atoms with Crippen molar-refractivity contribution in [2.24, 2.45) is 0 Å². The molecule has 0 unspecified atom stereocenters. The van der Waals surface area contributed by atoms with Gasteiger partial charge >= 0.3 is 0 Å². The van der Waals surface area contributed by atoms with Gasteiger partial charge in [-0.1, -0.05) is 33.8 Å². The number of hydrazine groups is 1. The number of carbonyl (C=O) groups is 2. The topological polar surface area (TPSA) is 78.9 Å². The number of phenols is 1. The van der Waals surface area contributed by atoms with Crippen LogP contribution in [0.3, 0.4) is 0 Å². The van der Waals surface area contributed by atoms with Gasteiger partial charge < -0.3 is 9.84 Å². The number of thiocarbonyl (C=S) groups is 1. The highest BCUT2D eigenvalue weighted by Gasteiger charge is 2.33. The second kappa shape index (κ2) is 8.76. The Labute approximate surface area is 179 Å². The third-order valence-corrected chi connectivity index (χ3v) is 5.53. The smallest absolute Gasteiger partial charge is 0.285 e. The lowest BCUT2D eigenvalue weighted by Gasteiger charge is -2.15. The Bertz CT molecular complexity index is 976. The summed E-state index contributed by atoms with van der Waals surface area (Å²) in [6.07, 6.45) is 1.63. The zero-order valence-corrected chi connectivity index (χ0v) is 17.9. The molecule has 28 heavy (non-hydrogen) atoms. The Balaban J connectivity index is 1.77. The van der Waals surface area contributed by atoms with Gasteiger partial charge in [0, 0.05) is 10.0 Å². The van der Waals surface area contributed by atoms with E-state index in [0.717, 1.165) is 21.2 Å². The van der Waals surface area contributed by atoms with E-state index in [1.165, 1.54) is 6.07 Å². The molecule has 0 spiro atoms. The van der Waals surface area contributed by atoms with E-state index in [9.17, 15) is 14.7 Å². The maximum absolute atomic E-state index is 12.7. The molecule has 9 heteroatoms. The van der Waals surface area contributed by atoms with E-state index in [1.807, 2.05) is 6.92 Å². The molecule has 1 aliphatic rings. The molecule has 1 fully saturated rings. The van der Waals surface area contributed by atoms with Crippen LogP contribution >= 0.6 is 39.9 Å². The predicted octanol–water partition coefficient (Wildman–Crippen LogP) is 4.10. The zero-order chi connectivity index (χ0) is 20.3. The minimum Gasteiger partial charge on any atom is -0.504 e. The van der Waals surface area contributed by atoms with Gasteiger partial charge in [0.15, 0.2) is 15.8 Å². The first-order chi connectivity index (χ1) is 13.4. The van der Waals surface area contributed by atoms with E-state index in [2.05, 4.69) is 21.4 Å². The summed E-state index contributed by atoms with van der Waals surface area (Å²) in [6, 6.07) is 11.5. The molecule has 3 rings (SSSR count). The molecule has 2 amide bonds. The number of amides is 2. The highest BCUT2D eigenvalue weighted by Crippen LogP contribution is 2.33. The van der Waals surface area contributed by atoms with E-state index in [0.29, 0.717) is 28.4 Å². The number of hydrogen-bond acceptors (Lipinski definition) is 6. The number of hydrogen-bond donors (Lipinski definition) is 2. The van der Waals surface area contributed by atoms with Crippen LogP contribution < -0.4 is 10.2 Å². The van der Waals surface area contributed by atoms with Gasteiger partial charge in [0.05, 0.1) is 11.5 Å². The Hall–Kier alpha value is -2.36. The maximum Gasteiger partial charge on any atom is 0.285 e. The van der Waals surface area contributed by atoms with Crippen LogP contribution in [0, 0.1) is 0 Å². The molecule has 0 bridgehead atoms. The fraction of sp³-hybridized carbons (Fsp3) is 0.105. The van der Waals surface area contributed by atoms with Gasteiger partial charge in [-0.2, -0.15) is 5.01 Å². The summed E-state index contributed by atoms with van der Waals surface area (Å²) in [7, 11) is 0. The highest BCUT2D eigenvalue weighted by atomic mass is 79.9. The maximum atomic E-state index is 12.7. The SMILES string of the molecule is CCOc1cc(/C=C2/SC(=S)N(NC(=O)c3ccc(Br)cc3)C2=O)ccc1O. The fourth-order valence-electron chi connectivity index (χ4n) is 2.37. The second-order valence-corrected chi connectivity index (χ2v) is 8.22. The van der Waals surface area contributed by atoms with Crippen molar-refractivity contribution in [3.8, 4) is 11.5 Å². The lowest BCUT2D eigenvalue weighted by molar-refractivity contribution is -0.123. The van der Waals surface area contributed by atoms with Gasteiger partial charge in [0.2, 0.25) is 0 Å². The third kappa shape index (κ3) is 4.54. The summed E-state index contributed by atoms with van der Waals surface area (Å²) < 4.78 is 6.43. The normalized spacial score (nSPS) is 15.2. The Morgan fingerprint density at radius 1 is 1.32 bits per heavy atom. The number of carbonyl (C=O) groups excluding carboxylic acids is 2. The van der Waals surface area contributed by atoms with Crippen LogP contribution in [0.2, 0.25) is 0 Å². The molecule has 0 aliphatic carbocycles. The molecule has 2 N–H and O–H groups in total. The van der Waals surface area contributed by atoms with Gasteiger partial charge in [-0.3, -0.25) is 15.0 Å². The van der Waals surface area contributed by atoms with Gasteiger partial charge in [-0.05, 0) is 67.2 Å². The monoisotopic (exact) mass is 478 g/mol. The van der Waals surface area contributed by atoms with Crippen molar-refractivity contribution in [2.45, 2.75) is 6.92 Å². The molecular weight excluding hydrogens is 464 g/mol. The lowest BCUT2D eigenvalue weighted by Crippen LogP contribution is -2.44. The summed E-state index contributed by atoms with van der Waals surface area (Å²) in [5, 5.41) is 10.8. The number of halogens is 1. The quantitative estimate of drug-likeness (QED) is 0.497. The number of thioether (sulfide) groups is 1. The van der Waals surface area contributed by atoms with Gasteiger partial charge in [-0.15, -0.1) is 0 Å². The van der Waals surface area contributed by atoms with Crippen LogP contribution in [0.4, 0.5) is 0 Å². The van der Waals surface area contributed by atoms with Crippen LogP contribution in [0.15, 0.2) is 51.8 Å². The van der Waals surface area contributed by atoms with Crippen LogP contribution in [0.5, 0.6) is 11.5 Å². The molecule has 1 heterocycles. The number of benzene rings is 2. The van der Waals surface area contributed by atoms with E-state index >= 15 is 0 Å². The highest BCUT2D eigenvalue weighted by molar-refractivity contribution is 9.10. The van der Waals surface area contributed by atoms with Gasteiger partial charge in [0.25, 0.3) is 11.8 Å². The standard InChI is InChI=1S/C19H15BrN2O4S2/c1-2-26-15-9-11(3-8-14(15)23)10-16-18(25)22(19(27)28-16)21-17(24)12-4-6-13(20)7-5-12/h3-10,23H,2H2,1H3,(H,21,24)/b16-10+. The summed E-state index contributed by atoms with van der Waals surface area (Å²) in [4.78, 5) is 25.4. The molecule has 2 aromatic carbocycles. The Kier molecular flexibility index (Phi) is 6.38. The molecule has 144 valence electrons. The van der Waals surface area contributed by atoms with Crippen molar-refractivity contribution < 1.29 is 19.4 Å². The number of aromatic hydroxyl groups is 1. The minimum absolute atomic E-state index is 0.0216. The minimum atomic E-state index is -0.437. The van der Waals surface area contributed by atoms with Crippen molar-refractivity contribution in [2.75, 3.05) is 6.61 Å². The number of nitrogens with one attached hydrogen (secondary N) is 1. The molecule has 0 saturated carbocycles. The molecule has 0 aromatic heterocycles. The Morgan fingerprint density at radius 3 is 2.71 bits per heavy atom. The van der Waals surface area contributed by atoms with E-state index in [1.54, 1.807) is 42.5 Å². The molecular formula is C19H15BrN2O4S2. The largest absolute Gasteiger partial charge is 0.504 e. The fourth-order valence-corrected chi connectivity index (χ4v) is 3.82. The van der Waals surface area contributed by atoms with E-state index < -0.39 is 11.8 Å². The van der Waals surface area contributed by atoms with Crippen molar-refractivity contribution in [1.82, 2.24) is 10.4 Å². The van der Waals surface area contributed by atoms with Crippen LogP contribution in [-0.2, 0) is 4.79 Å². The molecule has 1 aliphatic heterocycles. The van der Waals surface area contributed by atoms with Crippen molar-refractivity contribution in [3.05, 3.63) is 63.0 Å². The molecule has 2 aromatic rings. The summed E-state index contributed by atoms with van der Waals surface area (Å²) in [5.41, 5.74) is 3.60. The van der Waals surface area contributed by atoms with Crippen molar-refractivity contribution in [3.63, 3.8) is 0 Å². The van der Waals surface area contributed by atoms with Gasteiger partial charge in [0.1, 0.15) is 0 Å². The van der Waals surface area contributed by atoms with Gasteiger partial charge in [-0.25, -0.2) is 0 Å². The molecule has 0 radical (unpaired) electrons. The summed E-state index contributed by atoms with van der Waals surface area (Å²) in [5.74, 6) is -0.511. The second-order valence-electron chi connectivity index (χ2n) is 5.63. The number of nitrogens with zero attached hydrogens (tertiary/aromatic N) is 1. The first kappa shape index (κ1) is 20.4. The third-order valence-electron chi connectivity index (χ3n) is 3.69. The molecule has 1 saturated heterocycles. The number of phenolic OH excluding ortho intramolecular Hbond substituents is 1. The molecule has 0 atom stereocenters.